The highest BCUT2D eigenvalue weighted by Gasteiger charge is 2.01. The van der Waals surface area contributed by atoms with Gasteiger partial charge in [-0.15, -0.1) is 0 Å². The molecule has 0 aromatic rings. The zero-order valence-corrected chi connectivity index (χ0v) is 7.92. The molecule has 12 heavy (non-hydrogen) atoms. The fourth-order valence-electron chi connectivity index (χ4n) is 1.19. The van der Waals surface area contributed by atoms with Crippen LogP contribution in [-0.4, -0.2) is 12.4 Å². The Labute approximate surface area is 75.0 Å². The smallest absolute Gasteiger partial charge is 0.152 e. The molecule has 0 spiro atoms. The molecule has 0 saturated carbocycles. The van der Waals surface area contributed by atoms with Crippen LogP contribution >= 0.6 is 0 Å². The van der Waals surface area contributed by atoms with Crippen molar-refractivity contribution in [1.82, 2.24) is 0 Å². The third-order valence-electron chi connectivity index (χ3n) is 1.99. The number of rotatable bonds is 8. The van der Waals surface area contributed by atoms with Gasteiger partial charge in [0.15, 0.2) is 6.29 Å². The summed E-state index contributed by atoms with van der Waals surface area (Å²) in [5.41, 5.74) is 0. The van der Waals surface area contributed by atoms with E-state index in [2.05, 4.69) is 6.92 Å². The maximum absolute atomic E-state index is 10.6. The van der Waals surface area contributed by atoms with Crippen LogP contribution in [0.2, 0.25) is 0 Å². The van der Waals surface area contributed by atoms with Crippen LogP contribution in [0.5, 0.6) is 0 Å². The first kappa shape index (κ1) is 11.6. The quantitative estimate of drug-likeness (QED) is 0.408. The molecule has 0 aliphatic carbocycles. The van der Waals surface area contributed by atoms with Crippen molar-refractivity contribution in [3.05, 3.63) is 0 Å². The highest BCUT2D eigenvalue weighted by Crippen LogP contribution is 2.07. The van der Waals surface area contributed by atoms with E-state index in [1.165, 1.54) is 25.7 Å². The maximum Gasteiger partial charge on any atom is 0.152 e. The van der Waals surface area contributed by atoms with Crippen LogP contribution in [0.3, 0.4) is 0 Å². The van der Waals surface area contributed by atoms with Gasteiger partial charge in [0.1, 0.15) is 6.10 Å². The molecular weight excluding hydrogens is 152 g/mol. The van der Waals surface area contributed by atoms with E-state index in [9.17, 15) is 9.90 Å². The zero-order chi connectivity index (χ0) is 9.23. The molecule has 2 heteroatoms. The minimum Gasteiger partial charge on any atom is -0.300 e. The van der Waals surface area contributed by atoms with Crippen LogP contribution < -0.4 is 0 Å². The SMILES string of the molecule is CCCCCCCCC([O])C=O. The predicted molar refractivity (Wildman–Crippen MR) is 48.5 cm³/mol. The molecule has 0 aromatic carbocycles. The van der Waals surface area contributed by atoms with Crippen molar-refractivity contribution in [2.45, 2.75) is 58.0 Å². The molecule has 0 aromatic heterocycles. The third kappa shape index (κ3) is 7.73. The van der Waals surface area contributed by atoms with Crippen LogP contribution in [-0.2, 0) is 9.90 Å². The Morgan fingerprint density at radius 1 is 1.08 bits per heavy atom. The molecule has 0 N–H and O–H groups in total. The average molecular weight is 171 g/mol. The first-order valence-corrected chi connectivity index (χ1v) is 4.92. The monoisotopic (exact) mass is 171 g/mol. The van der Waals surface area contributed by atoms with Gasteiger partial charge < -0.3 is 4.79 Å². The van der Waals surface area contributed by atoms with Gasteiger partial charge in [-0.1, -0.05) is 45.4 Å². The van der Waals surface area contributed by atoms with E-state index < -0.39 is 6.10 Å². The van der Waals surface area contributed by atoms with Gasteiger partial charge in [-0.25, -0.2) is 5.11 Å². The summed E-state index contributed by atoms with van der Waals surface area (Å²) in [6.07, 6.45) is 7.08. The third-order valence-corrected chi connectivity index (χ3v) is 1.99. The second-order valence-electron chi connectivity index (χ2n) is 3.23. The van der Waals surface area contributed by atoms with E-state index in [1.54, 1.807) is 0 Å². The molecule has 0 aliphatic heterocycles. The van der Waals surface area contributed by atoms with E-state index in [0.717, 1.165) is 12.8 Å². The molecule has 0 amide bonds. The van der Waals surface area contributed by atoms with Gasteiger partial charge in [0.2, 0.25) is 0 Å². The number of carbonyl (C=O) groups is 1. The minimum atomic E-state index is -0.976. The van der Waals surface area contributed by atoms with Gasteiger partial charge in [0.05, 0.1) is 0 Å². The molecule has 71 valence electrons. The Hall–Kier alpha value is -0.370. The van der Waals surface area contributed by atoms with Crippen molar-refractivity contribution in [3.63, 3.8) is 0 Å². The summed E-state index contributed by atoms with van der Waals surface area (Å²) in [5, 5.41) is 10.6. The van der Waals surface area contributed by atoms with Crippen molar-refractivity contribution in [1.29, 1.82) is 0 Å². The van der Waals surface area contributed by atoms with E-state index in [-0.39, 0.29) is 0 Å². The molecule has 0 fully saturated rings. The van der Waals surface area contributed by atoms with E-state index >= 15 is 0 Å². The molecular formula is C10H19O2. The molecule has 1 unspecified atom stereocenters. The lowest BCUT2D eigenvalue weighted by molar-refractivity contribution is -0.118. The number of hydrogen-bond acceptors (Lipinski definition) is 1. The summed E-state index contributed by atoms with van der Waals surface area (Å²) in [4.78, 5) is 9.96. The Balaban J connectivity index is 2.95. The second-order valence-corrected chi connectivity index (χ2v) is 3.23. The molecule has 0 rings (SSSR count). The molecule has 0 aliphatic rings. The zero-order valence-electron chi connectivity index (χ0n) is 7.92. The van der Waals surface area contributed by atoms with Crippen LogP contribution in [0.25, 0.3) is 0 Å². The average Bonchev–Trinajstić information content (AvgIpc) is 2.10. The normalized spacial score (nSPS) is 12.8. The largest absolute Gasteiger partial charge is 0.300 e. The number of hydrogen-bond donors (Lipinski definition) is 0. The lowest BCUT2D eigenvalue weighted by Gasteiger charge is -2.00. The molecule has 2 nitrogen and oxygen atoms in total. The Bertz CT molecular complexity index is 102. The van der Waals surface area contributed by atoms with Crippen molar-refractivity contribution < 1.29 is 9.90 Å². The number of carbonyl (C=O) groups excluding carboxylic acids is 1. The fraction of sp³-hybridized carbons (Fsp3) is 0.900. The van der Waals surface area contributed by atoms with Crippen LogP contribution in [0, 0.1) is 0 Å². The summed E-state index contributed by atoms with van der Waals surface area (Å²) >= 11 is 0. The highest BCUT2D eigenvalue weighted by molar-refractivity contribution is 5.55. The molecule has 1 radical (unpaired) electrons. The van der Waals surface area contributed by atoms with Crippen LogP contribution in [0.1, 0.15) is 51.9 Å². The van der Waals surface area contributed by atoms with Gasteiger partial charge in [-0.05, 0) is 6.42 Å². The van der Waals surface area contributed by atoms with Crippen molar-refractivity contribution in [3.8, 4) is 0 Å². The van der Waals surface area contributed by atoms with Gasteiger partial charge in [0, 0.05) is 0 Å². The molecule has 0 heterocycles. The van der Waals surface area contributed by atoms with Crippen molar-refractivity contribution in [2.24, 2.45) is 0 Å². The Morgan fingerprint density at radius 2 is 1.67 bits per heavy atom. The van der Waals surface area contributed by atoms with Crippen LogP contribution in [0.4, 0.5) is 0 Å². The first-order chi connectivity index (χ1) is 5.81. The summed E-state index contributed by atoms with van der Waals surface area (Å²) in [6.45, 7) is 2.18. The van der Waals surface area contributed by atoms with Gasteiger partial charge >= 0.3 is 0 Å². The lowest BCUT2D eigenvalue weighted by atomic mass is 10.1. The summed E-state index contributed by atoms with van der Waals surface area (Å²) in [7, 11) is 0. The van der Waals surface area contributed by atoms with E-state index in [4.69, 9.17) is 0 Å². The molecule has 0 bridgehead atoms. The summed E-state index contributed by atoms with van der Waals surface area (Å²) in [5.74, 6) is 0. The van der Waals surface area contributed by atoms with E-state index in [0.29, 0.717) is 12.7 Å². The minimum absolute atomic E-state index is 0.506. The van der Waals surface area contributed by atoms with Crippen LogP contribution in [0.15, 0.2) is 0 Å². The summed E-state index contributed by atoms with van der Waals surface area (Å²) < 4.78 is 0. The van der Waals surface area contributed by atoms with Gasteiger partial charge in [-0.2, -0.15) is 0 Å². The fourth-order valence-corrected chi connectivity index (χ4v) is 1.19. The second kappa shape index (κ2) is 8.72. The van der Waals surface area contributed by atoms with Crippen molar-refractivity contribution in [2.75, 3.05) is 0 Å². The first-order valence-electron chi connectivity index (χ1n) is 4.92. The Kier molecular flexibility index (Phi) is 8.46. The summed E-state index contributed by atoms with van der Waals surface area (Å²) in [6, 6.07) is 0. The highest BCUT2D eigenvalue weighted by atomic mass is 16.3. The Morgan fingerprint density at radius 3 is 2.25 bits per heavy atom. The standard InChI is InChI=1S/C10H19O2/c1-2-3-4-5-6-7-8-10(12)9-11/h9-10H,2-8H2,1H3. The van der Waals surface area contributed by atoms with Crippen molar-refractivity contribution >= 4 is 6.29 Å². The molecule has 0 saturated heterocycles. The predicted octanol–water partition coefficient (Wildman–Crippen LogP) is 2.74. The molecule has 1 atom stereocenters. The maximum atomic E-state index is 10.6. The van der Waals surface area contributed by atoms with Gasteiger partial charge in [-0.3, -0.25) is 0 Å². The lowest BCUT2D eigenvalue weighted by Crippen LogP contribution is -2.04. The number of unbranched alkanes of at least 4 members (excludes halogenated alkanes) is 5. The topological polar surface area (TPSA) is 37.0 Å². The van der Waals surface area contributed by atoms with E-state index in [1.807, 2.05) is 0 Å². The van der Waals surface area contributed by atoms with Gasteiger partial charge in [0.25, 0.3) is 0 Å². The number of aldehydes is 1.